The number of ether oxygens (including phenoxy) is 1. The maximum Gasteiger partial charge on any atom is 0.234 e. The number of benzene rings is 1. The number of carbonyl (C=O) groups excluding carboxylic acids is 2. The molecule has 3 rings (SSSR count). The van der Waals surface area contributed by atoms with Crippen LogP contribution >= 0.6 is 0 Å². The molecule has 0 spiro atoms. The normalized spacial score (nSPS) is 26.2. The summed E-state index contributed by atoms with van der Waals surface area (Å²) in [7, 11) is 1.63. The Kier molecular flexibility index (Phi) is 2.18. The van der Waals surface area contributed by atoms with E-state index in [0.717, 1.165) is 29.7 Å². The third kappa shape index (κ3) is 1.37. The summed E-state index contributed by atoms with van der Waals surface area (Å²) in [6.07, 6.45) is 1.51. The summed E-state index contributed by atoms with van der Waals surface area (Å²) < 4.78 is 5.31. The zero-order valence-corrected chi connectivity index (χ0v) is 9.53. The first-order valence-electron chi connectivity index (χ1n) is 5.73. The van der Waals surface area contributed by atoms with Crippen LogP contribution in [0.5, 0.6) is 5.75 Å². The molecule has 0 saturated carbocycles. The highest BCUT2D eigenvalue weighted by Crippen LogP contribution is 2.42. The van der Waals surface area contributed by atoms with E-state index in [0.29, 0.717) is 0 Å². The molecule has 2 atom stereocenters. The van der Waals surface area contributed by atoms with Gasteiger partial charge in [0.2, 0.25) is 11.8 Å². The second kappa shape index (κ2) is 3.58. The lowest BCUT2D eigenvalue weighted by Crippen LogP contribution is -2.23. The SMILES string of the molecule is COc1cccc2c1CCC1C(=O)NC(=O)C21. The minimum atomic E-state index is -0.318. The maximum atomic E-state index is 11.8. The monoisotopic (exact) mass is 231 g/mol. The molecule has 88 valence electrons. The first-order valence-corrected chi connectivity index (χ1v) is 5.73. The number of methoxy groups -OCH3 is 1. The first kappa shape index (κ1) is 10.3. The van der Waals surface area contributed by atoms with Crippen LogP contribution in [0.1, 0.15) is 23.5 Å². The van der Waals surface area contributed by atoms with Crippen LogP contribution in [0.4, 0.5) is 0 Å². The van der Waals surface area contributed by atoms with Gasteiger partial charge >= 0.3 is 0 Å². The van der Waals surface area contributed by atoms with E-state index in [-0.39, 0.29) is 23.7 Å². The van der Waals surface area contributed by atoms with E-state index in [4.69, 9.17) is 4.74 Å². The third-order valence-corrected chi connectivity index (χ3v) is 3.70. The van der Waals surface area contributed by atoms with Gasteiger partial charge in [0.25, 0.3) is 0 Å². The summed E-state index contributed by atoms with van der Waals surface area (Å²) >= 11 is 0. The molecular formula is C13H13NO3. The Labute approximate surface area is 99.0 Å². The van der Waals surface area contributed by atoms with Crippen LogP contribution in [0.15, 0.2) is 18.2 Å². The highest BCUT2D eigenvalue weighted by atomic mass is 16.5. The smallest absolute Gasteiger partial charge is 0.234 e. The number of nitrogens with one attached hydrogen (secondary N) is 1. The highest BCUT2D eigenvalue weighted by molar-refractivity contribution is 6.08. The Morgan fingerprint density at radius 1 is 1.29 bits per heavy atom. The summed E-state index contributed by atoms with van der Waals surface area (Å²) in [5, 5.41) is 2.42. The van der Waals surface area contributed by atoms with Gasteiger partial charge in [-0.15, -0.1) is 0 Å². The minimum Gasteiger partial charge on any atom is -0.496 e. The molecule has 1 aliphatic carbocycles. The lowest BCUT2D eigenvalue weighted by atomic mass is 9.76. The summed E-state index contributed by atoms with van der Waals surface area (Å²) in [5.41, 5.74) is 2.02. The van der Waals surface area contributed by atoms with E-state index in [2.05, 4.69) is 5.32 Å². The molecule has 2 unspecified atom stereocenters. The van der Waals surface area contributed by atoms with E-state index >= 15 is 0 Å². The van der Waals surface area contributed by atoms with Crippen LogP contribution in [-0.4, -0.2) is 18.9 Å². The third-order valence-electron chi connectivity index (χ3n) is 3.70. The van der Waals surface area contributed by atoms with E-state index in [1.807, 2.05) is 18.2 Å². The van der Waals surface area contributed by atoms with Gasteiger partial charge in [0.1, 0.15) is 5.75 Å². The van der Waals surface area contributed by atoms with Crippen molar-refractivity contribution in [3.63, 3.8) is 0 Å². The van der Waals surface area contributed by atoms with Crippen molar-refractivity contribution in [1.29, 1.82) is 0 Å². The molecule has 1 fully saturated rings. The van der Waals surface area contributed by atoms with Crippen LogP contribution in [0, 0.1) is 5.92 Å². The molecule has 1 aromatic rings. The predicted molar refractivity (Wildman–Crippen MR) is 60.7 cm³/mol. The second-order valence-corrected chi connectivity index (χ2v) is 4.50. The molecule has 0 bridgehead atoms. The van der Waals surface area contributed by atoms with Gasteiger partial charge in [-0.2, -0.15) is 0 Å². The predicted octanol–water partition coefficient (Wildman–Crippen LogP) is 0.998. The van der Waals surface area contributed by atoms with Gasteiger partial charge in [-0.3, -0.25) is 14.9 Å². The number of fused-ring (bicyclic) bond motifs is 3. The average molecular weight is 231 g/mol. The fourth-order valence-corrected chi connectivity index (χ4v) is 2.91. The van der Waals surface area contributed by atoms with Gasteiger partial charge in [-0.05, 0) is 30.0 Å². The van der Waals surface area contributed by atoms with Crippen molar-refractivity contribution in [1.82, 2.24) is 5.32 Å². The molecule has 1 aliphatic heterocycles. The van der Waals surface area contributed by atoms with Crippen LogP contribution in [0.3, 0.4) is 0 Å². The molecule has 1 heterocycles. The van der Waals surface area contributed by atoms with Crippen molar-refractivity contribution in [3.05, 3.63) is 29.3 Å². The topological polar surface area (TPSA) is 55.4 Å². The molecule has 1 aromatic carbocycles. The standard InChI is InChI=1S/C13H13NO3/c1-17-10-4-2-3-8-7(10)5-6-9-11(8)13(16)14-12(9)15/h2-4,9,11H,5-6H2,1H3,(H,14,15,16). The zero-order valence-electron chi connectivity index (χ0n) is 9.53. The van der Waals surface area contributed by atoms with E-state index in [1.165, 1.54) is 0 Å². The van der Waals surface area contributed by atoms with Crippen molar-refractivity contribution < 1.29 is 14.3 Å². The minimum absolute atomic E-state index is 0.131. The number of carbonyl (C=O) groups is 2. The summed E-state index contributed by atoms with van der Waals surface area (Å²) in [6.45, 7) is 0. The molecule has 1 saturated heterocycles. The quantitative estimate of drug-likeness (QED) is 0.733. The molecule has 2 aliphatic rings. The van der Waals surface area contributed by atoms with Crippen molar-refractivity contribution in [2.45, 2.75) is 18.8 Å². The lowest BCUT2D eigenvalue weighted by molar-refractivity contribution is -0.125. The maximum absolute atomic E-state index is 11.8. The molecule has 17 heavy (non-hydrogen) atoms. The Morgan fingerprint density at radius 2 is 2.12 bits per heavy atom. The summed E-state index contributed by atoms with van der Waals surface area (Å²) in [6, 6.07) is 5.69. The van der Waals surface area contributed by atoms with Crippen LogP contribution in [0.2, 0.25) is 0 Å². The van der Waals surface area contributed by atoms with Crippen molar-refractivity contribution >= 4 is 11.8 Å². The van der Waals surface area contributed by atoms with E-state index < -0.39 is 0 Å². The fourth-order valence-electron chi connectivity index (χ4n) is 2.91. The molecule has 0 radical (unpaired) electrons. The molecule has 0 aromatic heterocycles. The summed E-state index contributed by atoms with van der Waals surface area (Å²) in [4.78, 5) is 23.4. The summed E-state index contributed by atoms with van der Waals surface area (Å²) in [5.74, 6) is -0.000715. The van der Waals surface area contributed by atoms with Crippen molar-refractivity contribution in [2.75, 3.05) is 7.11 Å². The van der Waals surface area contributed by atoms with Gasteiger partial charge < -0.3 is 4.74 Å². The molecule has 1 N–H and O–H groups in total. The van der Waals surface area contributed by atoms with Gasteiger partial charge in [0.05, 0.1) is 18.9 Å². The Balaban J connectivity index is 2.13. The molecular weight excluding hydrogens is 218 g/mol. The zero-order chi connectivity index (χ0) is 12.0. The van der Waals surface area contributed by atoms with Gasteiger partial charge in [0, 0.05) is 0 Å². The molecule has 4 nitrogen and oxygen atoms in total. The fraction of sp³-hybridized carbons (Fsp3) is 0.385. The average Bonchev–Trinajstić information content (AvgIpc) is 2.64. The number of rotatable bonds is 1. The molecule has 2 amide bonds. The largest absolute Gasteiger partial charge is 0.496 e. The number of imide groups is 1. The van der Waals surface area contributed by atoms with Gasteiger partial charge in [-0.25, -0.2) is 0 Å². The number of hydrogen-bond donors (Lipinski definition) is 1. The van der Waals surface area contributed by atoms with Crippen LogP contribution in [-0.2, 0) is 16.0 Å². The second-order valence-electron chi connectivity index (χ2n) is 4.50. The van der Waals surface area contributed by atoms with E-state index in [1.54, 1.807) is 7.11 Å². The lowest BCUT2D eigenvalue weighted by Gasteiger charge is -2.26. The Hall–Kier alpha value is -1.84. The first-order chi connectivity index (χ1) is 8.22. The van der Waals surface area contributed by atoms with Crippen molar-refractivity contribution in [3.8, 4) is 5.75 Å². The van der Waals surface area contributed by atoms with Gasteiger partial charge in [-0.1, -0.05) is 12.1 Å². The van der Waals surface area contributed by atoms with Gasteiger partial charge in [0.15, 0.2) is 0 Å². The Morgan fingerprint density at radius 3 is 2.88 bits per heavy atom. The van der Waals surface area contributed by atoms with Crippen molar-refractivity contribution in [2.24, 2.45) is 5.92 Å². The number of amides is 2. The van der Waals surface area contributed by atoms with Crippen LogP contribution in [0.25, 0.3) is 0 Å². The highest BCUT2D eigenvalue weighted by Gasteiger charge is 2.45. The Bertz CT molecular complexity index is 509. The van der Waals surface area contributed by atoms with E-state index in [9.17, 15) is 9.59 Å². The molecule has 4 heteroatoms. The number of hydrogen-bond acceptors (Lipinski definition) is 3. The van der Waals surface area contributed by atoms with Crippen LogP contribution < -0.4 is 10.1 Å².